The summed E-state index contributed by atoms with van der Waals surface area (Å²) in [5.41, 5.74) is 3.94. The van der Waals surface area contributed by atoms with Crippen LogP contribution in [0, 0.1) is 6.92 Å². The molecule has 33 heavy (non-hydrogen) atoms. The number of thiocarbonyl (C=S) groups is 1. The van der Waals surface area contributed by atoms with Gasteiger partial charge in [0.25, 0.3) is 0 Å². The van der Waals surface area contributed by atoms with Crippen LogP contribution in [0.1, 0.15) is 56.1 Å². The van der Waals surface area contributed by atoms with Crippen LogP contribution in [0.5, 0.6) is 0 Å². The zero-order valence-corrected chi connectivity index (χ0v) is 20.4. The minimum Gasteiger partial charge on any atom is -0.352 e. The lowest BCUT2D eigenvalue weighted by Crippen LogP contribution is -2.32. The summed E-state index contributed by atoms with van der Waals surface area (Å²) in [5, 5.41) is 7.12. The van der Waals surface area contributed by atoms with Gasteiger partial charge >= 0.3 is 0 Å². The number of nitrogens with zero attached hydrogens (tertiary/aromatic N) is 3. The van der Waals surface area contributed by atoms with Gasteiger partial charge in [-0.2, -0.15) is 0 Å². The Kier molecular flexibility index (Phi) is 6.51. The molecule has 1 saturated heterocycles. The molecule has 4 rings (SSSR count). The van der Waals surface area contributed by atoms with Gasteiger partial charge < -0.3 is 20.1 Å². The second-order valence-electron chi connectivity index (χ2n) is 9.46. The molecular formula is C26H31N5OS. The largest absolute Gasteiger partial charge is 0.352 e. The Hall–Kier alpha value is -3.19. The molecule has 2 atom stereocenters. The number of pyridine rings is 1. The minimum absolute atomic E-state index is 0.0243. The van der Waals surface area contributed by atoms with Crippen LogP contribution in [0.15, 0.2) is 67.1 Å². The second-order valence-corrected chi connectivity index (χ2v) is 9.84. The lowest BCUT2D eigenvalue weighted by molar-refractivity contribution is -0.116. The van der Waals surface area contributed by atoms with Crippen LogP contribution in [-0.2, 0) is 10.3 Å². The standard InChI is InChI=1S/C26H31N5OS/c1-18-9-5-6-10-20(18)28-22(32)13-16-31-24(19-12-15-30(17-19)26(2,3)4)23(29-25(31)33)21-11-7-8-14-27-21/h5-12,14-15,17,23-24H,13,16H2,1-4H3,(H,28,32)(H,29,33). The van der Waals surface area contributed by atoms with Gasteiger partial charge in [-0.05, 0) is 75.3 Å². The Balaban J connectivity index is 1.57. The molecule has 2 unspecified atom stereocenters. The van der Waals surface area contributed by atoms with Crippen LogP contribution in [-0.4, -0.2) is 32.0 Å². The fourth-order valence-corrected chi connectivity index (χ4v) is 4.49. The number of aryl methyl sites for hydroxylation is 1. The minimum atomic E-state index is -0.0889. The number of hydrogen-bond donors (Lipinski definition) is 2. The summed E-state index contributed by atoms with van der Waals surface area (Å²) in [6, 6.07) is 15.7. The lowest BCUT2D eigenvalue weighted by Gasteiger charge is -2.27. The maximum Gasteiger partial charge on any atom is 0.226 e. The number of anilines is 1. The van der Waals surface area contributed by atoms with Gasteiger partial charge in [0.15, 0.2) is 5.11 Å². The third-order valence-electron chi connectivity index (χ3n) is 6.03. The van der Waals surface area contributed by atoms with Crippen molar-refractivity contribution in [3.63, 3.8) is 0 Å². The predicted octanol–water partition coefficient (Wildman–Crippen LogP) is 4.95. The molecule has 1 amide bonds. The van der Waals surface area contributed by atoms with Crippen molar-refractivity contribution in [2.75, 3.05) is 11.9 Å². The van der Waals surface area contributed by atoms with Crippen molar-refractivity contribution in [1.82, 2.24) is 19.8 Å². The van der Waals surface area contributed by atoms with Gasteiger partial charge in [0, 0.05) is 42.8 Å². The summed E-state index contributed by atoms with van der Waals surface area (Å²) in [7, 11) is 0. The third kappa shape index (κ3) is 5.09. The molecule has 2 N–H and O–H groups in total. The molecule has 0 saturated carbocycles. The van der Waals surface area contributed by atoms with Crippen molar-refractivity contribution in [3.8, 4) is 0 Å². The van der Waals surface area contributed by atoms with E-state index in [4.69, 9.17) is 12.2 Å². The van der Waals surface area contributed by atoms with Crippen LogP contribution in [0.3, 0.4) is 0 Å². The van der Waals surface area contributed by atoms with Crippen molar-refractivity contribution in [1.29, 1.82) is 0 Å². The van der Waals surface area contributed by atoms with Crippen molar-refractivity contribution in [2.24, 2.45) is 0 Å². The highest BCUT2D eigenvalue weighted by Crippen LogP contribution is 2.39. The molecule has 2 aromatic heterocycles. The number of carbonyl (C=O) groups is 1. The van der Waals surface area contributed by atoms with E-state index in [9.17, 15) is 4.79 Å². The van der Waals surface area contributed by atoms with Crippen LogP contribution in [0.25, 0.3) is 0 Å². The highest BCUT2D eigenvalue weighted by atomic mass is 32.1. The van der Waals surface area contributed by atoms with E-state index in [1.807, 2.05) is 49.4 Å². The van der Waals surface area contributed by atoms with Crippen LogP contribution in [0.4, 0.5) is 5.69 Å². The molecule has 0 radical (unpaired) electrons. The van der Waals surface area contributed by atoms with Gasteiger partial charge in [0.2, 0.25) is 5.91 Å². The highest BCUT2D eigenvalue weighted by Gasteiger charge is 2.40. The van der Waals surface area contributed by atoms with E-state index >= 15 is 0 Å². The number of aromatic nitrogens is 2. The summed E-state index contributed by atoms with van der Waals surface area (Å²) in [6.07, 6.45) is 6.42. The zero-order chi connectivity index (χ0) is 23.6. The van der Waals surface area contributed by atoms with Gasteiger partial charge in [0.1, 0.15) is 0 Å². The first-order valence-corrected chi connectivity index (χ1v) is 11.7. The predicted molar refractivity (Wildman–Crippen MR) is 136 cm³/mol. The van der Waals surface area contributed by atoms with E-state index in [1.165, 1.54) is 0 Å². The smallest absolute Gasteiger partial charge is 0.226 e. The fraction of sp³-hybridized carbons (Fsp3) is 0.346. The van der Waals surface area contributed by atoms with Crippen molar-refractivity contribution in [2.45, 2.75) is 51.7 Å². The Bertz CT molecular complexity index is 1130. The number of rotatable bonds is 6. The van der Waals surface area contributed by atoms with E-state index < -0.39 is 0 Å². The van der Waals surface area contributed by atoms with Crippen molar-refractivity contribution < 1.29 is 4.79 Å². The van der Waals surface area contributed by atoms with E-state index in [0.717, 1.165) is 22.5 Å². The molecule has 3 heterocycles. The Labute approximate surface area is 201 Å². The van der Waals surface area contributed by atoms with Crippen molar-refractivity contribution in [3.05, 3.63) is 83.9 Å². The number of hydrogen-bond acceptors (Lipinski definition) is 3. The Morgan fingerprint density at radius 3 is 2.58 bits per heavy atom. The number of amides is 1. The normalized spacial score (nSPS) is 18.3. The van der Waals surface area contributed by atoms with Crippen LogP contribution < -0.4 is 10.6 Å². The summed E-state index contributed by atoms with van der Waals surface area (Å²) < 4.78 is 2.21. The quantitative estimate of drug-likeness (QED) is 0.509. The molecule has 0 spiro atoms. The number of nitrogens with one attached hydrogen (secondary N) is 2. The van der Waals surface area contributed by atoms with E-state index in [1.54, 1.807) is 6.20 Å². The first-order valence-electron chi connectivity index (χ1n) is 11.3. The number of benzene rings is 1. The number of carbonyl (C=O) groups excluding carboxylic acids is 1. The first kappa shape index (κ1) is 23.0. The average Bonchev–Trinajstić information content (AvgIpc) is 3.39. The molecule has 6 nitrogen and oxygen atoms in total. The van der Waals surface area contributed by atoms with Gasteiger partial charge in [-0.3, -0.25) is 9.78 Å². The lowest BCUT2D eigenvalue weighted by atomic mass is 9.99. The molecule has 0 aliphatic carbocycles. The summed E-state index contributed by atoms with van der Waals surface area (Å²) in [4.78, 5) is 19.4. The molecule has 1 aromatic carbocycles. The Morgan fingerprint density at radius 1 is 1.15 bits per heavy atom. The van der Waals surface area contributed by atoms with Crippen LogP contribution >= 0.6 is 12.2 Å². The highest BCUT2D eigenvalue weighted by molar-refractivity contribution is 7.80. The van der Waals surface area contributed by atoms with E-state index in [2.05, 4.69) is 64.3 Å². The average molecular weight is 462 g/mol. The van der Waals surface area contributed by atoms with Crippen LogP contribution in [0.2, 0.25) is 0 Å². The first-order chi connectivity index (χ1) is 15.7. The summed E-state index contributed by atoms with van der Waals surface area (Å²) >= 11 is 5.73. The zero-order valence-electron chi connectivity index (χ0n) is 19.6. The maximum atomic E-state index is 12.7. The number of para-hydroxylation sites is 1. The van der Waals surface area contributed by atoms with Gasteiger partial charge in [0.05, 0.1) is 17.8 Å². The topological polar surface area (TPSA) is 62.2 Å². The molecule has 7 heteroatoms. The SMILES string of the molecule is Cc1ccccc1NC(=O)CCN1C(=S)NC(c2ccccn2)C1c1ccn(C(C)(C)C)c1. The fourth-order valence-electron chi connectivity index (χ4n) is 4.16. The Morgan fingerprint density at radius 2 is 1.91 bits per heavy atom. The molecule has 1 aliphatic rings. The van der Waals surface area contributed by atoms with Gasteiger partial charge in [-0.1, -0.05) is 24.3 Å². The molecule has 1 fully saturated rings. The molecule has 0 bridgehead atoms. The third-order valence-corrected chi connectivity index (χ3v) is 6.38. The van der Waals surface area contributed by atoms with Gasteiger partial charge in [-0.25, -0.2) is 0 Å². The maximum absolute atomic E-state index is 12.7. The van der Waals surface area contributed by atoms with E-state index in [0.29, 0.717) is 18.1 Å². The van der Waals surface area contributed by atoms with Crippen molar-refractivity contribution >= 4 is 28.9 Å². The summed E-state index contributed by atoms with van der Waals surface area (Å²) in [6.45, 7) is 9.04. The monoisotopic (exact) mass is 461 g/mol. The van der Waals surface area contributed by atoms with Gasteiger partial charge in [-0.15, -0.1) is 0 Å². The molecule has 3 aromatic rings. The van der Waals surface area contributed by atoms with E-state index in [-0.39, 0.29) is 23.5 Å². The summed E-state index contributed by atoms with van der Waals surface area (Å²) in [5.74, 6) is -0.0283. The molecular weight excluding hydrogens is 430 g/mol. The molecule has 1 aliphatic heterocycles. The molecule has 172 valence electrons. The second kappa shape index (κ2) is 9.35.